The molecule has 0 saturated heterocycles. The first-order chi connectivity index (χ1) is 14.0. The molecule has 0 aliphatic heterocycles. The molecule has 0 bridgehead atoms. The first-order valence-corrected chi connectivity index (χ1v) is 12.8. The summed E-state index contributed by atoms with van der Waals surface area (Å²) in [6.07, 6.45) is 6.48. The monoisotopic (exact) mass is 432 g/mol. The van der Waals surface area contributed by atoms with Gasteiger partial charge in [-0.2, -0.15) is 4.36 Å². The second-order valence-electron chi connectivity index (χ2n) is 8.33. The Morgan fingerprint density at radius 3 is 2.66 bits per heavy atom. The molecule has 0 radical (unpaired) electrons. The van der Waals surface area contributed by atoms with Crippen molar-refractivity contribution >= 4 is 26.9 Å². The van der Waals surface area contributed by atoms with Crippen molar-refractivity contribution in [2.75, 3.05) is 12.4 Å². The van der Waals surface area contributed by atoms with Crippen molar-refractivity contribution in [1.82, 2.24) is 5.32 Å². The quantitative estimate of drug-likeness (QED) is 0.505. The van der Waals surface area contributed by atoms with Crippen LogP contribution in [0.4, 0.5) is 5.69 Å². The summed E-state index contributed by atoms with van der Waals surface area (Å²) in [5, 5.41) is 23.1. The molecule has 0 amide bonds. The minimum atomic E-state index is -3.17. The maximum Gasteiger partial charge on any atom is 0.233 e. The maximum absolute atomic E-state index is 13.1. The van der Waals surface area contributed by atoms with Crippen LogP contribution in [-0.2, 0) is 35.6 Å². The van der Waals surface area contributed by atoms with Gasteiger partial charge in [0.1, 0.15) is 14.1 Å². The van der Waals surface area contributed by atoms with Crippen LogP contribution in [-0.4, -0.2) is 22.7 Å². The minimum Gasteiger partial charge on any atom is -0.355 e. The molecule has 1 aromatic carbocycles. The van der Waals surface area contributed by atoms with Gasteiger partial charge in [0.05, 0.1) is 0 Å². The number of thiophene rings is 1. The zero-order valence-electron chi connectivity index (χ0n) is 16.6. The van der Waals surface area contributed by atoms with Gasteiger partial charge in [0.15, 0.2) is 0 Å². The molecule has 5 rings (SSSR count). The molecule has 3 atom stereocenters. The molecule has 6 nitrogen and oxygen atoms in total. The molecule has 156 valence electrons. The van der Waals surface area contributed by atoms with E-state index in [4.69, 9.17) is 5.14 Å². The highest BCUT2D eigenvalue weighted by Crippen LogP contribution is 2.43. The molecule has 8 heteroatoms. The third kappa shape index (κ3) is 3.61. The number of nitrogens with one attached hydrogen (secondary N) is 2. The lowest BCUT2D eigenvalue weighted by Gasteiger charge is -2.27. The average molecular weight is 433 g/mol. The second-order valence-corrected chi connectivity index (χ2v) is 11.5. The van der Waals surface area contributed by atoms with Crippen molar-refractivity contribution in [2.45, 2.75) is 61.5 Å². The van der Waals surface area contributed by atoms with Crippen molar-refractivity contribution in [1.29, 1.82) is 0 Å². The van der Waals surface area contributed by atoms with Crippen molar-refractivity contribution in [3.63, 3.8) is 0 Å². The van der Waals surface area contributed by atoms with Gasteiger partial charge in [0.25, 0.3) is 0 Å². The van der Waals surface area contributed by atoms with Crippen LogP contribution in [0.3, 0.4) is 0 Å². The Bertz CT molecular complexity index is 1070. The van der Waals surface area contributed by atoms with Gasteiger partial charge >= 0.3 is 0 Å². The normalized spacial score (nSPS) is 21.5. The fourth-order valence-electron chi connectivity index (χ4n) is 4.67. The number of rotatable bonds is 7. The molecule has 2 aromatic rings. The highest BCUT2D eigenvalue weighted by molar-refractivity contribution is 7.93. The van der Waals surface area contributed by atoms with Crippen LogP contribution < -0.4 is 15.8 Å². The Morgan fingerprint density at radius 2 is 1.97 bits per heavy atom. The summed E-state index contributed by atoms with van der Waals surface area (Å²) >= 11 is 1.43. The molecule has 2 unspecified atom stereocenters. The largest absolute Gasteiger partial charge is 0.355 e. The third-order valence-corrected chi connectivity index (χ3v) is 9.53. The molecule has 1 saturated carbocycles. The van der Waals surface area contributed by atoms with Gasteiger partial charge in [-0.3, -0.25) is 0 Å². The number of nitrogens with zero attached hydrogens (tertiary/aromatic N) is 1. The lowest BCUT2D eigenvalue weighted by Crippen LogP contribution is -2.25. The molecule has 1 heterocycles. The van der Waals surface area contributed by atoms with Crippen molar-refractivity contribution in [3.05, 3.63) is 45.3 Å². The molecule has 0 spiro atoms. The molecule has 3 aliphatic carbocycles. The van der Waals surface area contributed by atoms with Gasteiger partial charge in [-0.25, -0.2) is 9.35 Å². The summed E-state index contributed by atoms with van der Waals surface area (Å²) in [5.74, 6) is 0.642. The van der Waals surface area contributed by atoms with Crippen LogP contribution in [0.2, 0.25) is 0 Å². The van der Waals surface area contributed by atoms with Gasteiger partial charge < -0.3 is 15.7 Å². The number of aryl methyl sites for hydroxylation is 2. The molecular weight excluding hydrogens is 404 g/mol. The Balaban J connectivity index is 1.39. The Labute approximate surface area is 176 Å². The molecule has 29 heavy (non-hydrogen) atoms. The van der Waals surface area contributed by atoms with Crippen molar-refractivity contribution in [2.24, 2.45) is 15.4 Å². The van der Waals surface area contributed by atoms with Gasteiger partial charge in [-0.15, -0.1) is 11.3 Å². The molecule has 5 N–H and O–H groups in total. The Morgan fingerprint density at radius 1 is 1.21 bits per heavy atom. The number of nitrogens with two attached hydrogens (primary N) is 1. The Hall–Kier alpha value is -1.45. The zero-order chi connectivity index (χ0) is 20.2. The summed E-state index contributed by atoms with van der Waals surface area (Å²) < 4.78 is 17.7. The SMILES string of the molecule is CN[C@H](c1ccc(S(N)(=O)=NC(O)Nc2c3c(cc4c2CC4)CCC3)s1)C1CC1. The van der Waals surface area contributed by atoms with Gasteiger partial charge in [-0.1, -0.05) is 6.07 Å². The van der Waals surface area contributed by atoms with E-state index in [0.717, 1.165) is 42.7 Å². The van der Waals surface area contributed by atoms with Crippen molar-refractivity contribution < 1.29 is 9.32 Å². The maximum atomic E-state index is 13.1. The smallest absolute Gasteiger partial charge is 0.233 e. The molecular formula is C21H28N4O2S2. The standard InChI is InChI=1S/C21H28N4O2S2/c1-23-19(12-5-6-12)17-9-10-18(28-17)29(22,27)25-21(26)24-20-15-4-2-3-13(15)11-14-7-8-16(14)20/h9-12,19,21,23-24,26H,2-8H2,1H3,(H2,22,25,27)/t19-,21?,29?/m0/s1. The van der Waals surface area contributed by atoms with E-state index in [1.54, 1.807) is 6.07 Å². The van der Waals surface area contributed by atoms with Gasteiger partial charge in [-0.05, 0) is 92.3 Å². The van der Waals surface area contributed by atoms with E-state index in [9.17, 15) is 9.32 Å². The summed E-state index contributed by atoms with van der Waals surface area (Å²) in [7, 11) is -1.22. The lowest BCUT2D eigenvalue weighted by atomic mass is 9.83. The average Bonchev–Trinajstić information content (AvgIpc) is 3.16. The van der Waals surface area contributed by atoms with E-state index in [-0.39, 0.29) is 6.04 Å². The van der Waals surface area contributed by atoms with Crippen LogP contribution in [0.25, 0.3) is 0 Å². The highest BCUT2D eigenvalue weighted by atomic mass is 32.2. The van der Waals surface area contributed by atoms with Crippen molar-refractivity contribution in [3.8, 4) is 0 Å². The second kappa shape index (κ2) is 7.35. The number of aliphatic hydroxyl groups excluding tert-OH is 1. The summed E-state index contributed by atoms with van der Waals surface area (Å²) in [6, 6.07) is 6.36. The van der Waals surface area contributed by atoms with Gasteiger partial charge in [0.2, 0.25) is 6.35 Å². The summed E-state index contributed by atoms with van der Waals surface area (Å²) in [6.45, 7) is 0. The summed E-state index contributed by atoms with van der Waals surface area (Å²) in [4.78, 5) is 1.13. The van der Waals surface area contributed by atoms with Crippen LogP contribution in [0.15, 0.2) is 26.8 Å². The fraction of sp³-hybridized carbons (Fsp3) is 0.524. The number of hydrogen-bond donors (Lipinski definition) is 4. The highest BCUT2D eigenvalue weighted by Gasteiger charge is 2.32. The van der Waals surface area contributed by atoms with E-state index in [1.807, 2.05) is 13.1 Å². The first-order valence-electron chi connectivity index (χ1n) is 10.4. The van der Waals surface area contributed by atoms with Crippen LogP contribution in [0.5, 0.6) is 0 Å². The van der Waals surface area contributed by atoms with Crippen LogP contribution >= 0.6 is 11.3 Å². The van der Waals surface area contributed by atoms with E-state index < -0.39 is 16.3 Å². The van der Waals surface area contributed by atoms with E-state index in [2.05, 4.69) is 21.1 Å². The zero-order valence-corrected chi connectivity index (χ0v) is 18.2. The molecule has 1 fully saturated rings. The predicted molar refractivity (Wildman–Crippen MR) is 117 cm³/mol. The van der Waals surface area contributed by atoms with Gasteiger partial charge in [0, 0.05) is 16.6 Å². The van der Waals surface area contributed by atoms with Crippen LogP contribution in [0.1, 0.15) is 52.4 Å². The van der Waals surface area contributed by atoms with Crippen LogP contribution in [0, 0.1) is 5.92 Å². The molecule has 3 aliphatic rings. The summed E-state index contributed by atoms with van der Waals surface area (Å²) in [5.41, 5.74) is 6.26. The molecule has 1 aromatic heterocycles. The number of anilines is 1. The van der Waals surface area contributed by atoms with E-state index in [1.165, 1.54) is 46.4 Å². The Kier molecular flexibility index (Phi) is 4.95. The number of aliphatic hydroxyl groups is 1. The van der Waals surface area contributed by atoms with E-state index >= 15 is 0 Å². The minimum absolute atomic E-state index is 0.276. The third-order valence-electron chi connectivity index (χ3n) is 6.38. The number of hydrogen-bond acceptors (Lipinski definition) is 6. The van der Waals surface area contributed by atoms with E-state index in [0.29, 0.717) is 10.1 Å². The fourth-order valence-corrected chi connectivity index (χ4v) is 7.23. The first kappa shape index (κ1) is 19.5. The number of benzene rings is 1. The topological polar surface area (TPSA) is 99.7 Å². The number of fused-ring (bicyclic) bond motifs is 2. The lowest BCUT2D eigenvalue weighted by molar-refractivity contribution is 0.215. The predicted octanol–water partition coefficient (Wildman–Crippen LogP) is 3.09.